The van der Waals surface area contributed by atoms with Crippen molar-refractivity contribution < 1.29 is 14.3 Å². The highest BCUT2D eigenvalue weighted by molar-refractivity contribution is 5.76. The number of hydrogen-bond acceptors (Lipinski definition) is 4. The summed E-state index contributed by atoms with van der Waals surface area (Å²) in [5, 5.41) is 0. The molecule has 0 unspecified atom stereocenters. The van der Waals surface area contributed by atoms with Gasteiger partial charge in [-0.1, -0.05) is 12.1 Å². The maximum absolute atomic E-state index is 11.1. The molecule has 94 valence electrons. The van der Waals surface area contributed by atoms with Crippen LogP contribution >= 0.6 is 0 Å². The Balaban J connectivity index is 2.42. The molecule has 0 bridgehead atoms. The fourth-order valence-electron chi connectivity index (χ4n) is 1.47. The van der Waals surface area contributed by atoms with E-state index < -0.39 is 0 Å². The molecule has 0 saturated heterocycles. The molecule has 5 nitrogen and oxygen atoms in total. The number of carbonyl (C=O) groups is 1. The Labute approximate surface area is 101 Å². The quantitative estimate of drug-likeness (QED) is 0.719. The minimum atomic E-state index is -0.197. The maximum Gasteiger partial charge on any atom is 0.260 e. The zero-order valence-corrected chi connectivity index (χ0v) is 10.4. The van der Waals surface area contributed by atoms with Crippen molar-refractivity contribution in [2.45, 2.75) is 13.5 Å². The molecule has 2 N–H and O–H groups in total. The number of hydrogen-bond donors (Lipinski definition) is 2. The van der Waals surface area contributed by atoms with Gasteiger partial charge in [0.2, 0.25) is 0 Å². The molecular formula is C12H18N2O3. The highest BCUT2D eigenvalue weighted by Gasteiger charge is 2.02. The number of nitrogens with one attached hydrogen (secondary N) is 2. The molecule has 1 amide bonds. The lowest BCUT2D eigenvalue weighted by molar-refractivity contribution is -0.126. The van der Waals surface area contributed by atoms with Crippen LogP contribution in [0.2, 0.25) is 0 Å². The average molecular weight is 238 g/mol. The molecule has 0 spiro atoms. The molecule has 5 heteroatoms. The Morgan fingerprint density at radius 3 is 2.76 bits per heavy atom. The normalized spacial score (nSPS) is 10.1. The van der Waals surface area contributed by atoms with Crippen LogP contribution in [0.3, 0.4) is 0 Å². The van der Waals surface area contributed by atoms with E-state index in [1.165, 1.54) is 0 Å². The molecule has 17 heavy (non-hydrogen) atoms. The first kappa shape index (κ1) is 13.5. The van der Waals surface area contributed by atoms with Crippen LogP contribution in [0, 0.1) is 6.92 Å². The largest absolute Gasteiger partial charge is 0.496 e. The Bertz CT molecular complexity index is 380. The summed E-state index contributed by atoms with van der Waals surface area (Å²) in [5.74, 6) is 0.652. The van der Waals surface area contributed by atoms with Gasteiger partial charge < -0.3 is 9.47 Å². The Morgan fingerprint density at radius 1 is 1.41 bits per heavy atom. The molecule has 0 heterocycles. The Morgan fingerprint density at radius 2 is 2.18 bits per heavy atom. The highest BCUT2D eigenvalue weighted by atomic mass is 16.5. The molecule has 0 aromatic heterocycles. The number of carbonyl (C=O) groups excluding carboxylic acids is 1. The summed E-state index contributed by atoms with van der Waals surface area (Å²) in [6.07, 6.45) is 0. The smallest absolute Gasteiger partial charge is 0.260 e. The second-order valence-corrected chi connectivity index (χ2v) is 3.59. The summed E-state index contributed by atoms with van der Waals surface area (Å²) in [6, 6.07) is 5.79. The van der Waals surface area contributed by atoms with E-state index in [0.29, 0.717) is 6.61 Å². The first-order chi connectivity index (χ1) is 8.17. The molecule has 0 saturated carbocycles. The topological polar surface area (TPSA) is 59.6 Å². The second kappa shape index (κ2) is 6.88. The standard InChI is InChI=1S/C12H18N2O3/c1-9-6-10(4-5-11(9)16-3)7-17-8-12(15)14-13-2/h4-6,13H,7-8H2,1-3H3,(H,14,15). The summed E-state index contributed by atoms with van der Waals surface area (Å²) in [4.78, 5) is 11.1. The summed E-state index contributed by atoms with van der Waals surface area (Å²) >= 11 is 0. The predicted octanol–water partition coefficient (Wildman–Crippen LogP) is 0.771. The van der Waals surface area contributed by atoms with Crippen molar-refractivity contribution in [3.05, 3.63) is 29.3 Å². The van der Waals surface area contributed by atoms with Crippen molar-refractivity contribution in [1.29, 1.82) is 0 Å². The number of hydrazine groups is 1. The minimum Gasteiger partial charge on any atom is -0.496 e. The number of benzene rings is 1. The molecule has 1 aromatic rings. The third-order valence-corrected chi connectivity index (χ3v) is 2.23. The monoisotopic (exact) mass is 238 g/mol. The van der Waals surface area contributed by atoms with Gasteiger partial charge >= 0.3 is 0 Å². The van der Waals surface area contributed by atoms with Gasteiger partial charge in [-0.3, -0.25) is 10.2 Å². The van der Waals surface area contributed by atoms with Crippen LogP contribution in [0.15, 0.2) is 18.2 Å². The van der Waals surface area contributed by atoms with E-state index in [0.717, 1.165) is 16.9 Å². The molecule has 0 radical (unpaired) electrons. The summed E-state index contributed by atoms with van der Waals surface area (Å²) in [5.41, 5.74) is 7.04. The van der Waals surface area contributed by atoms with Gasteiger partial charge in [0, 0.05) is 7.05 Å². The molecule has 0 aliphatic rings. The van der Waals surface area contributed by atoms with Gasteiger partial charge in [0.1, 0.15) is 12.4 Å². The summed E-state index contributed by atoms with van der Waals surface area (Å²) in [6.45, 7) is 2.41. The van der Waals surface area contributed by atoms with Crippen LogP contribution in [-0.2, 0) is 16.1 Å². The summed E-state index contributed by atoms with van der Waals surface area (Å²) in [7, 11) is 3.27. The lowest BCUT2D eigenvalue weighted by atomic mass is 10.1. The van der Waals surface area contributed by atoms with E-state index >= 15 is 0 Å². The molecule has 0 aliphatic carbocycles. The van der Waals surface area contributed by atoms with Crippen molar-refractivity contribution in [2.24, 2.45) is 0 Å². The average Bonchev–Trinajstić information content (AvgIpc) is 2.29. The van der Waals surface area contributed by atoms with E-state index in [1.807, 2.05) is 25.1 Å². The van der Waals surface area contributed by atoms with Gasteiger partial charge in [-0.25, -0.2) is 5.43 Å². The van der Waals surface area contributed by atoms with Gasteiger partial charge in [-0.15, -0.1) is 0 Å². The van der Waals surface area contributed by atoms with Gasteiger partial charge in [-0.2, -0.15) is 0 Å². The van der Waals surface area contributed by atoms with Gasteiger partial charge in [-0.05, 0) is 24.1 Å². The number of aryl methyl sites for hydroxylation is 1. The van der Waals surface area contributed by atoms with Crippen LogP contribution in [-0.4, -0.2) is 26.7 Å². The fourth-order valence-corrected chi connectivity index (χ4v) is 1.47. The molecular weight excluding hydrogens is 220 g/mol. The molecule has 1 aromatic carbocycles. The van der Waals surface area contributed by atoms with Crippen molar-refractivity contribution in [1.82, 2.24) is 10.9 Å². The fraction of sp³-hybridized carbons (Fsp3) is 0.417. The Hall–Kier alpha value is -1.59. The zero-order chi connectivity index (χ0) is 12.7. The predicted molar refractivity (Wildman–Crippen MR) is 64.6 cm³/mol. The van der Waals surface area contributed by atoms with Crippen LogP contribution < -0.4 is 15.6 Å². The van der Waals surface area contributed by atoms with Gasteiger partial charge in [0.05, 0.1) is 13.7 Å². The van der Waals surface area contributed by atoms with E-state index in [1.54, 1.807) is 14.2 Å². The van der Waals surface area contributed by atoms with E-state index in [4.69, 9.17) is 9.47 Å². The third-order valence-electron chi connectivity index (χ3n) is 2.23. The number of methoxy groups -OCH3 is 1. The lowest BCUT2D eigenvalue weighted by Crippen LogP contribution is -2.36. The molecule has 1 rings (SSSR count). The maximum atomic E-state index is 11.1. The lowest BCUT2D eigenvalue weighted by Gasteiger charge is -2.08. The molecule has 0 aliphatic heterocycles. The first-order valence-corrected chi connectivity index (χ1v) is 5.34. The molecule has 0 fully saturated rings. The number of ether oxygens (including phenoxy) is 2. The van der Waals surface area contributed by atoms with Gasteiger partial charge in [0.25, 0.3) is 5.91 Å². The van der Waals surface area contributed by atoms with Gasteiger partial charge in [0.15, 0.2) is 0 Å². The van der Waals surface area contributed by atoms with Crippen molar-refractivity contribution in [3.63, 3.8) is 0 Å². The van der Waals surface area contributed by atoms with Crippen molar-refractivity contribution in [3.8, 4) is 5.75 Å². The van der Waals surface area contributed by atoms with Crippen molar-refractivity contribution in [2.75, 3.05) is 20.8 Å². The summed E-state index contributed by atoms with van der Waals surface area (Å²) < 4.78 is 10.4. The molecule has 0 atom stereocenters. The van der Waals surface area contributed by atoms with Crippen molar-refractivity contribution >= 4 is 5.91 Å². The zero-order valence-electron chi connectivity index (χ0n) is 10.4. The van der Waals surface area contributed by atoms with Crippen LogP contribution in [0.25, 0.3) is 0 Å². The van der Waals surface area contributed by atoms with Crippen LogP contribution in [0.1, 0.15) is 11.1 Å². The van der Waals surface area contributed by atoms with E-state index in [-0.39, 0.29) is 12.5 Å². The van der Waals surface area contributed by atoms with Crippen LogP contribution in [0.4, 0.5) is 0 Å². The third kappa shape index (κ3) is 4.42. The van der Waals surface area contributed by atoms with E-state index in [2.05, 4.69) is 10.9 Å². The SMILES string of the molecule is CNNC(=O)COCc1ccc(OC)c(C)c1. The first-order valence-electron chi connectivity index (χ1n) is 5.34. The highest BCUT2D eigenvalue weighted by Crippen LogP contribution is 2.18. The Kier molecular flexibility index (Phi) is 5.45. The minimum absolute atomic E-state index is 0.0336. The van der Waals surface area contributed by atoms with Crippen LogP contribution in [0.5, 0.6) is 5.75 Å². The second-order valence-electron chi connectivity index (χ2n) is 3.59. The number of amides is 1. The number of rotatable bonds is 6. The van der Waals surface area contributed by atoms with E-state index in [9.17, 15) is 4.79 Å².